The number of benzene rings is 3. The number of hydrogen-bond donors (Lipinski definition) is 0. The Bertz CT molecular complexity index is 990. The minimum absolute atomic E-state index is 1.12. The third-order valence-electron chi connectivity index (χ3n) is 7.46. The Hall–Kier alpha value is -3.20. The fourth-order valence-corrected chi connectivity index (χ4v) is 4.97. The number of anilines is 5. The quantitative estimate of drug-likeness (QED) is 0.163. The molecule has 0 aliphatic heterocycles. The lowest BCUT2D eigenvalue weighted by Gasteiger charge is -2.29. The van der Waals surface area contributed by atoms with Crippen molar-refractivity contribution in [1.82, 2.24) is 0 Å². The molecule has 0 aromatic heterocycles. The van der Waals surface area contributed by atoms with Gasteiger partial charge in [0.15, 0.2) is 0 Å². The van der Waals surface area contributed by atoms with Gasteiger partial charge in [-0.15, -0.1) is 0 Å². The highest BCUT2D eigenvalue weighted by molar-refractivity contribution is 5.78. The summed E-state index contributed by atoms with van der Waals surface area (Å²) in [4.78, 5) is 7.47. The molecule has 0 heterocycles. The number of nitrogens with zero attached hydrogens (tertiary/aromatic N) is 3. The molecule has 0 amide bonds. The van der Waals surface area contributed by atoms with Gasteiger partial charge in [-0.1, -0.05) is 78.2 Å². The molecule has 3 aromatic rings. The summed E-state index contributed by atoms with van der Waals surface area (Å²) < 4.78 is 0. The van der Waals surface area contributed by atoms with Crippen molar-refractivity contribution >= 4 is 34.5 Å². The molecule has 0 N–H and O–H groups in total. The van der Waals surface area contributed by atoms with Gasteiger partial charge in [0.1, 0.15) is 0 Å². The van der Waals surface area contributed by atoms with E-state index in [9.17, 15) is 0 Å². The number of unbranched alkanes of at least 4 members (excludes halogenated alkanes) is 4. The van der Waals surface area contributed by atoms with Gasteiger partial charge in [-0.25, -0.2) is 0 Å². The molecule has 39 heavy (non-hydrogen) atoms. The Morgan fingerprint density at radius 2 is 0.744 bits per heavy atom. The summed E-state index contributed by atoms with van der Waals surface area (Å²) in [5, 5.41) is 0. The van der Waals surface area contributed by atoms with Gasteiger partial charge in [-0.3, -0.25) is 0 Å². The van der Waals surface area contributed by atoms with Crippen LogP contribution in [0.15, 0.2) is 79.4 Å². The van der Waals surface area contributed by atoms with Crippen LogP contribution in [0, 0.1) is 0 Å². The molecule has 210 valence electrons. The molecule has 0 aliphatic carbocycles. The van der Waals surface area contributed by atoms with E-state index in [1.54, 1.807) is 0 Å². The summed E-state index contributed by atoms with van der Waals surface area (Å²) in [6.45, 7) is 17.5. The van der Waals surface area contributed by atoms with E-state index in [0.717, 1.165) is 37.4 Å². The van der Waals surface area contributed by atoms with Crippen LogP contribution in [-0.2, 0) is 0 Å². The Morgan fingerprint density at radius 3 is 1.03 bits per heavy atom. The standard InChI is InChI=1S/C36H51N3/c1-6-11-27-37(28-12-7-2)32-19-23-35(24-20-32)39(34-17-15-31(10-5)16-18-34)36-25-21-33(22-26-36)38(29-13-8-3)30-14-9-4/h10,15-26H,5-9,11-14,27-30H2,1-4H3. The molecule has 0 spiro atoms. The second-order valence-corrected chi connectivity index (χ2v) is 10.6. The van der Waals surface area contributed by atoms with Crippen molar-refractivity contribution < 1.29 is 0 Å². The maximum absolute atomic E-state index is 3.94. The molecule has 0 aliphatic rings. The molecular formula is C36H51N3. The van der Waals surface area contributed by atoms with E-state index in [2.05, 4.69) is 122 Å². The predicted octanol–water partition coefficient (Wildman–Crippen LogP) is 10.6. The smallest absolute Gasteiger partial charge is 0.0463 e. The van der Waals surface area contributed by atoms with Gasteiger partial charge in [0.05, 0.1) is 0 Å². The van der Waals surface area contributed by atoms with E-state index in [-0.39, 0.29) is 0 Å². The molecule has 3 rings (SSSR count). The van der Waals surface area contributed by atoms with Gasteiger partial charge in [0.2, 0.25) is 0 Å². The highest BCUT2D eigenvalue weighted by atomic mass is 15.2. The molecule has 3 heteroatoms. The average Bonchev–Trinajstić information content (AvgIpc) is 2.99. The van der Waals surface area contributed by atoms with Crippen molar-refractivity contribution in [3.05, 3.63) is 84.9 Å². The third-order valence-corrected chi connectivity index (χ3v) is 7.46. The summed E-state index contributed by atoms with van der Waals surface area (Å²) in [6.07, 6.45) is 11.7. The SMILES string of the molecule is C=Cc1ccc(N(c2ccc(N(CCCC)CCCC)cc2)c2ccc(N(CCCC)CCCC)cc2)cc1. The highest BCUT2D eigenvalue weighted by Crippen LogP contribution is 2.36. The zero-order valence-corrected chi connectivity index (χ0v) is 25.0. The summed E-state index contributed by atoms with van der Waals surface area (Å²) in [5.74, 6) is 0. The summed E-state index contributed by atoms with van der Waals surface area (Å²) >= 11 is 0. The monoisotopic (exact) mass is 525 g/mol. The van der Waals surface area contributed by atoms with E-state index in [1.165, 1.54) is 74.1 Å². The zero-order chi connectivity index (χ0) is 27.9. The van der Waals surface area contributed by atoms with Crippen LogP contribution in [0.1, 0.15) is 84.6 Å². The van der Waals surface area contributed by atoms with Crippen molar-refractivity contribution in [2.45, 2.75) is 79.1 Å². The van der Waals surface area contributed by atoms with Crippen LogP contribution in [-0.4, -0.2) is 26.2 Å². The van der Waals surface area contributed by atoms with Gasteiger partial charge in [-0.2, -0.15) is 0 Å². The lowest BCUT2D eigenvalue weighted by Crippen LogP contribution is -2.25. The first-order chi connectivity index (χ1) is 19.1. The summed E-state index contributed by atoms with van der Waals surface area (Å²) in [6, 6.07) is 27.0. The summed E-state index contributed by atoms with van der Waals surface area (Å²) in [5.41, 5.74) is 7.29. The van der Waals surface area contributed by atoms with Crippen molar-refractivity contribution in [3.8, 4) is 0 Å². The Morgan fingerprint density at radius 1 is 0.462 bits per heavy atom. The van der Waals surface area contributed by atoms with Gasteiger partial charge >= 0.3 is 0 Å². The van der Waals surface area contributed by atoms with Crippen LogP contribution >= 0.6 is 0 Å². The fourth-order valence-electron chi connectivity index (χ4n) is 4.97. The number of hydrogen-bond acceptors (Lipinski definition) is 3. The van der Waals surface area contributed by atoms with E-state index in [1.807, 2.05) is 6.08 Å². The Balaban J connectivity index is 1.94. The molecule has 0 atom stereocenters. The number of rotatable bonds is 18. The molecule has 0 saturated carbocycles. The Labute approximate surface area is 239 Å². The topological polar surface area (TPSA) is 9.72 Å². The average molecular weight is 526 g/mol. The normalized spacial score (nSPS) is 10.9. The summed E-state index contributed by atoms with van der Waals surface area (Å²) in [7, 11) is 0. The van der Waals surface area contributed by atoms with Gasteiger partial charge in [-0.05, 0) is 91.9 Å². The van der Waals surface area contributed by atoms with Crippen LogP contribution in [0.2, 0.25) is 0 Å². The maximum atomic E-state index is 3.94. The molecule has 3 nitrogen and oxygen atoms in total. The van der Waals surface area contributed by atoms with Crippen molar-refractivity contribution in [2.75, 3.05) is 40.9 Å². The van der Waals surface area contributed by atoms with Crippen LogP contribution in [0.5, 0.6) is 0 Å². The maximum Gasteiger partial charge on any atom is 0.0463 e. The van der Waals surface area contributed by atoms with Crippen molar-refractivity contribution in [1.29, 1.82) is 0 Å². The van der Waals surface area contributed by atoms with Crippen molar-refractivity contribution in [2.24, 2.45) is 0 Å². The largest absolute Gasteiger partial charge is 0.372 e. The van der Waals surface area contributed by atoms with Gasteiger partial charge in [0.25, 0.3) is 0 Å². The predicted molar refractivity (Wildman–Crippen MR) is 175 cm³/mol. The minimum atomic E-state index is 1.12. The zero-order valence-electron chi connectivity index (χ0n) is 25.0. The van der Waals surface area contributed by atoms with Crippen molar-refractivity contribution in [3.63, 3.8) is 0 Å². The van der Waals surface area contributed by atoms with Crippen LogP contribution in [0.25, 0.3) is 6.08 Å². The van der Waals surface area contributed by atoms with E-state index >= 15 is 0 Å². The van der Waals surface area contributed by atoms with Crippen LogP contribution in [0.3, 0.4) is 0 Å². The van der Waals surface area contributed by atoms with Gasteiger partial charge < -0.3 is 14.7 Å². The highest BCUT2D eigenvalue weighted by Gasteiger charge is 2.15. The van der Waals surface area contributed by atoms with Crippen LogP contribution in [0.4, 0.5) is 28.4 Å². The minimum Gasteiger partial charge on any atom is -0.372 e. The lowest BCUT2D eigenvalue weighted by atomic mass is 10.1. The van der Waals surface area contributed by atoms with E-state index in [4.69, 9.17) is 0 Å². The first kappa shape index (κ1) is 30.3. The molecular weight excluding hydrogens is 474 g/mol. The molecule has 3 aromatic carbocycles. The lowest BCUT2D eigenvalue weighted by molar-refractivity contribution is 0.678. The second kappa shape index (κ2) is 16.7. The fraction of sp³-hybridized carbons (Fsp3) is 0.444. The first-order valence-corrected chi connectivity index (χ1v) is 15.4. The molecule has 0 radical (unpaired) electrons. The molecule has 0 fully saturated rings. The second-order valence-electron chi connectivity index (χ2n) is 10.6. The Kier molecular flexibility index (Phi) is 13.0. The van der Waals surface area contributed by atoms with Gasteiger partial charge in [0, 0.05) is 54.6 Å². The van der Waals surface area contributed by atoms with Crippen LogP contribution < -0.4 is 14.7 Å². The first-order valence-electron chi connectivity index (χ1n) is 15.4. The van der Waals surface area contributed by atoms with E-state index in [0.29, 0.717) is 0 Å². The van der Waals surface area contributed by atoms with E-state index < -0.39 is 0 Å². The third kappa shape index (κ3) is 8.92. The molecule has 0 unspecified atom stereocenters. The molecule has 0 saturated heterocycles. The molecule has 0 bridgehead atoms.